The van der Waals surface area contributed by atoms with E-state index in [9.17, 15) is 0 Å². The molecule has 0 amide bonds. The smallest absolute Gasteiger partial charge is 0.0995 e. The molecule has 2 heteroatoms. The standard InChI is InChI=1S/C15H19NO/c1-12-6-8-15(9-7-12)17-11-14-5-3-2-4-13(14)10-16/h2-5,12,15H,6-9,11H2,1H3. The Morgan fingerprint density at radius 1 is 1.24 bits per heavy atom. The van der Waals surface area contributed by atoms with E-state index in [0.29, 0.717) is 12.7 Å². The summed E-state index contributed by atoms with van der Waals surface area (Å²) < 4.78 is 5.91. The molecule has 0 heterocycles. The third kappa shape index (κ3) is 3.31. The highest BCUT2D eigenvalue weighted by atomic mass is 16.5. The number of benzene rings is 1. The van der Waals surface area contributed by atoms with Crippen LogP contribution in [0.1, 0.15) is 43.7 Å². The molecule has 90 valence electrons. The van der Waals surface area contributed by atoms with Crippen molar-refractivity contribution in [1.29, 1.82) is 5.26 Å². The molecular weight excluding hydrogens is 210 g/mol. The van der Waals surface area contributed by atoms with Gasteiger partial charge >= 0.3 is 0 Å². The summed E-state index contributed by atoms with van der Waals surface area (Å²) in [7, 11) is 0. The first kappa shape index (κ1) is 12.1. The molecule has 0 saturated heterocycles. The third-order valence-corrected chi connectivity index (χ3v) is 3.58. The van der Waals surface area contributed by atoms with E-state index in [1.165, 1.54) is 12.8 Å². The lowest BCUT2D eigenvalue weighted by atomic mass is 9.89. The molecule has 2 rings (SSSR count). The Balaban J connectivity index is 1.88. The fourth-order valence-electron chi connectivity index (χ4n) is 2.36. The summed E-state index contributed by atoms with van der Waals surface area (Å²) in [6, 6.07) is 9.89. The van der Waals surface area contributed by atoms with Crippen LogP contribution >= 0.6 is 0 Å². The maximum Gasteiger partial charge on any atom is 0.0995 e. The van der Waals surface area contributed by atoms with Crippen molar-refractivity contribution in [3.8, 4) is 6.07 Å². The van der Waals surface area contributed by atoms with Crippen molar-refractivity contribution in [2.75, 3.05) is 0 Å². The van der Waals surface area contributed by atoms with Crippen molar-refractivity contribution in [3.63, 3.8) is 0 Å². The third-order valence-electron chi connectivity index (χ3n) is 3.58. The Labute approximate surface area is 103 Å². The van der Waals surface area contributed by atoms with Crippen LogP contribution in [0.5, 0.6) is 0 Å². The molecule has 1 aliphatic carbocycles. The minimum atomic E-state index is 0.387. The molecule has 0 atom stereocenters. The number of nitrogens with zero attached hydrogens (tertiary/aromatic N) is 1. The van der Waals surface area contributed by atoms with E-state index in [4.69, 9.17) is 10.00 Å². The Kier molecular flexibility index (Phi) is 4.17. The molecule has 17 heavy (non-hydrogen) atoms. The van der Waals surface area contributed by atoms with Crippen LogP contribution in [0.25, 0.3) is 0 Å². The van der Waals surface area contributed by atoms with Gasteiger partial charge in [-0.05, 0) is 43.2 Å². The Morgan fingerprint density at radius 2 is 1.94 bits per heavy atom. The van der Waals surface area contributed by atoms with Crippen LogP contribution in [-0.4, -0.2) is 6.10 Å². The van der Waals surface area contributed by atoms with Crippen LogP contribution in [-0.2, 0) is 11.3 Å². The van der Waals surface area contributed by atoms with Gasteiger partial charge in [0, 0.05) is 0 Å². The number of rotatable bonds is 3. The van der Waals surface area contributed by atoms with Crippen LogP contribution < -0.4 is 0 Å². The second kappa shape index (κ2) is 5.84. The van der Waals surface area contributed by atoms with Gasteiger partial charge in [-0.25, -0.2) is 0 Å². The Hall–Kier alpha value is -1.33. The molecule has 0 N–H and O–H groups in total. The van der Waals surface area contributed by atoms with Crippen molar-refractivity contribution in [2.45, 2.75) is 45.3 Å². The van der Waals surface area contributed by atoms with Crippen LogP contribution in [0.3, 0.4) is 0 Å². The van der Waals surface area contributed by atoms with E-state index in [1.54, 1.807) is 0 Å². The molecule has 1 aliphatic rings. The molecule has 0 bridgehead atoms. The Bertz CT molecular complexity index is 400. The van der Waals surface area contributed by atoms with Gasteiger partial charge in [0.2, 0.25) is 0 Å². The van der Waals surface area contributed by atoms with Gasteiger partial charge in [0.1, 0.15) is 0 Å². The van der Waals surface area contributed by atoms with Crippen LogP contribution in [0.15, 0.2) is 24.3 Å². The lowest BCUT2D eigenvalue weighted by Gasteiger charge is -2.26. The van der Waals surface area contributed by atoms with Gasteiger partial charge in [-0.3, -0.25) is 0 Å². The zero-order valence-corrected chi connectivity index (χ0v) is 10.4. The maximum atomic E-state index is 8.98. The lowest BCUT2D eigenvalue weighted by Crippen LogP contribution is -2.20. The van der Waals surface area contributed by atoms with E-state index in [1.807, 2.05) is 24.3 Å². The van der Waals surface area contributed by atoms with Gasteiger partial charge in [-0.15, -0.1) is 0 Å². The van der Waals surface area contributed by atoms with E-state index in [-0.39, 0.29) is 0 Å². The Morgan fingerprint density at radius 3 is 2.65 bits per heavy atom. The van der Waals surface area contributed by atoms with Crippen molar-refractivity contribution in [3.05, 3.63) is 35.4 Å². The van der Waals surface area contributed by atoms with E-state index in [2.05, 4.69) is 13.0 Å². The molecule has 0 unspecified atom stereocenters. The average molecular weight is 229 g/mol. The highest BCUT2D eigenvalue weighted by Crippen LogP contribution is 2.26. The molecule has 1 fully saturated rings. The van der Waals surface area contributed by atoms with Crippen molar-refractivity contribution in [2.24, 2.45) is 5.92 Å². The van der Waals surface area contributed by atoms with Gasteiger partial charge < -0.3 is 4.74 Å². The summed E-state index contributed by atoms with van der Waals surface area (Å²) in [5, 5.41) is 8.98. The first-order chi connectivity index (χ1) is 8.29. The summed E-state index contributed by atoms with van der Waals surface area (Å²) >= 11 is 0. The lowest BCUT2D eigenvalue weighted by molar-refractivity contribution is 0.00868. The van der Waals surface area contributed by atoms with Gasteiger partial charge in [-0.1, -0.05) is 25.1 Å². The van der Waals surface area contributed by atoms with Crippen molar-refractivity contribution >= 4 is 0 Å². The molecule has 1 saturated carbocycles. The quantitative estimate of drug-likeness (QED) is 0.792. The summed E-state index contributed by atoms with van der Waals surface area (Å²) in [5.41, 5.74) is 1.74. The summed E-state index contributed by atoms with van der Waals surface area (Å²) in [5.74, 6) is 0.848. The maximum absolute atomic E-state index is 8.98. The van der Waals surface area contributed by atoms with E-state index >= 15 is 0 Å². The second-order valence-electron chi connectivity index (χ2n) is 4.96. The van der Waals surface area contributed by atoms with Crippen molar-refractivity contribution in [1.82, 2.24) is 0 Å². The topological polar surface area (TPSA) is 33.0 Å². The summed E-state index contributed by atoms with van der Waals surface area (Å²) in [4.78, 5) is 0. The number of hydrogen-bond acceptors (Lipinski definition) is 2. The largest absolute Gasteiger partial charge is 0.373 e. The first-order valence-electron chi connectivity index (χ1n) is 6.39. The van der Waals surface area contributed by atoms with Gasteiger partial charge in [0.15, 0.2) is 0 Å². The van der Waals surface area contributed by atoms with Crippen LogP contribution in [0.2, 0.25) is 0 Å². The first-order valence-corrected chi connectivity index (χ1v) is 6.39. The number of hydrogen-bond donors (Lipinski definition) is 0. The monoisotopic (exact) mass is 229 g/mol. The summed E-state index contributed by atoms with van der Waals surface area (Å²) in [6.45, 7) is 2.88. The zero-order chi connectivity index (χ0) is 12.1. The average Bonchev–Trinajstić information content (AvgIpc) is 2.38. The normalized spacial score (nSPS) is 24.2. The zero-order valence-electron chi connectivity index (χ0n) is 10.4. The van der Waals surface area contributed by atoms with Crippen LogP contribution in [0, 0.1) is 17.2 Å². The SMILES string of the molecule is CC1CCC(OCc2ccccc2C#N)CC1. The van der Waals surface area contributed by atoms with Gasteiger partial charge in [-0.2, -0.15) is 5.26 Å². The molecule has 0 radical (unpaired) electrons. The predicted molar refractivity (Wildman–Crippen MR) is 67.4 cm³/mol. The molecular formula is C15H19NO. The number of ether oxygens (including phenoxy) is 1. The molecule has 0 aliphatic heterocycles. The van der Waals surface area contributed by atoms with Gasteiger partial charge in [0.25, 0.3) is 0 Å². The molecule has 1 aromatic carbocycles. The highest BCUT2D eigenvalue weighted by Gasteiger charge is 2.18. The minimum absolute atomic E-state index is 0.387. The van der Waals surface area contributed by atoms with E-state index in [0.717, 1.165) is 29.9 Å². The second-order valence-corrected chi connectivity index (χ2v) is 4.96. The predicted octanol–water partition coefficient (Wildman–Crippen LogP) is 3.65. The minimum Gasteiger partial charge on any atom is -0.373 e. The highest BCUT2D eigenvalue weighted by molar-refractivity contribution is 5.36. The fourth-order valence-corrected chi connectivity index (χ4v) is 2.36. The van der Waals surface area contributed by atoms with Gasteiger partial charge in [0.05, 0.1) is 24.3 Å². The van der Waals surface area contributed by atoms with Crippen LogP contribution in [0.4, 0.5) is 0 Å². The fraction of sp³-hybridized carbons (Fsp3) is 0.533. The molecule has 2 nitrogen and oxygen atoms in total. The molecule has 0 aromatic heterocycles. The number of nitriles is 1. The molecule has 0 spiro atoms. The van der Waals surface area contributed by atoms with E-state index < -0.39 is 0 Å². The van der Waals surface area contributed by atoms with Crippen molar-refractivity contribution < 1.29 is 4.74 Å². The summed E-state index contributed by atoms with van der Waals surface area (Å²) in [6.07, 6.45) is 5.25. The molecule has 1 aromatic rings.